The van der Waals surface area contributed by atoms with E-state index in [0.717, 1.165) is 47.7 Å². The Morgan fingerprint density at radius 3 is 2.88 bits per heavy atom. The molecule has 0 amide bonds. The molecule has 1 spiro atoms. The van der Waals surface area contributed by atoms with Crippen molar-refractivity contribution in [3.05, 3.63) is 53.0 Å². The first-order valence-electron chi connectivity index (χ1n) is 10.7. The molecule has 4 heterocycles. The lowest BCUT2D eigenvalue weighted by atomic mass is 9.82. The summed E-state index contributed by atoms with van der Waals surface area (Å²) in [5, 5.41) is 3.81. The second-order valence-corrected chi connectivity index (χ2v) is 9.89. The van der Waals surface area contributed by atoms with Crippen molar-refractivity contribution in [3.8, 4) is 0 Å². The molecule has 0 bridgehead atoms. The maximum atomic E-state index is 15.0. The zero-order valence-electron chi connectivity index (χ0n) is 18.4. The minimum Gasteiger partial charge on any atom is -0.381 e. The standard InChI is InChI=1S/C24H24F2N4OS2/c1-30-10-6-16(24(30)7-11-31-12-8-24)20-13-15-18(5-9-27-23(15)33-20)29-22-17(25)3-4-19(21(22)26)28-14-32-2/h3-6,9,13-14H,7-8,10-12H2,1-2H3,(H,27,29)/b28-14-. The Bertz CT molecular complexity index is 1250. The van der Waals surface area contributed by atoms with Crippen molar-refractivity contribution in [2.75, 3.05) is 38.4 Å². The SMILES string of the molecule is CS/C=N\c1ccc(F)c(Nc2ccnc3sc(C4=CCN(C)C45CCOCC5)cc23)c1F. The van der Waals surface area contributed by atoms with Gasteiger partial charge in [0.2, 0.25) is 0 Å². The molecule has 1 aromatic carbocycles. The maximum Gasteiger partial charge on any atom is 0.175 e. The third kappa shape index (κ3) is 3.97. The van der Waals surface area contributed by atoms with E-state index in [9.17, 15) is 4.39 Å². The van der Waals surface area contributed by atoms with Crippen LogP contribution in [0.1, 0.15) is 17.7 Å². The summed E-state index contributed by atoms with van der Waals surface area (Å²) in [6.07, 6.45) is 7.67. The van der Waals surface area contributed by atoms with E-state index in [-0.39, 0.29) is 16.9 Å². The van der Waals surface area contributed by atoms with E-state index in [4.69, 9.17) is 4.74 Å². The summed E-state index contributed by atoms with van der Waals surface area (Å²) in [5.41, 5.74) is 3.27. The Kier molecular flexibility index (Phi) is 6.22. The summed E-state index contributed by atoms with van der Waals surface area (Å²) in [6.45, 7) is 2.37. The quantitative estimate of drug-likeness (QED) is 0.343. The number of aliphatic imine (C=N–C) groups is 1. The second-order valence-electron chi connectivity index (χ2n) is 8.18. The van der Waals surface area contributed by atoms with Gasteiger partial charge in [0.1, 0.15) is 22.0 Å². The van der Waals surface area contributed by atoms with E-state index in [2.05, 4.69) is 39.4 Å². The molecule has 0 radical (unpaired) electrons. The minimum atomic E-state index is -0.720. The second kappa shape index (κ2) is 9.13. The molecule has 2 aliphatic heterocycles. The van der Waals surface area contributed by atoms with Crippen molar-refractivity contribution in [1.29, 1.82) is 0 Å². The molecular formula is C24H24F2N4OS2. The minimum absolute atomic E-state index is 0.0332. The van der Waals surface area contributed by atoms with Crippen LogP contribution in [-0.2, 0) is 4.74 Å². The molecule has 0 saturated carbocycles. The van der Waals surface area contributed by atoms with E-state index in [1.165, 1.54) is 35.0 Å². The van der Waals surface area contributed by atoms with Gasteiger partial charge < -0.3 is 10.1 Å². The molecule has 0 atom stereocenters. The van der Waals surface area contributed by atoms with Crippen LogP contribution in [-0.4, -0.2) is 54.0 Å². The molecule has 5 rings (SSSR count). The van der Waals surface area contributed by atoms with Crippen LogP contribution < -0.4 is 5.32 Å². The van der Waals surface area contributed by atoms with Crippen molar-refractivity contribution >= 4 is 61.5 Å². The number of halogens is 2. The maximum absolute atomic E-state index is 15.0. The van der Waals surface area contributed by atoms with Gasteiger partial charge in [-0.1, -0.05) is 6.08 Å². The summed E-state index contributed by atoms with van der Waals surface area (Å²) >= 11 is 2.96. The van der Waals surface area contributed by atoms with Crippen LogP contribution in [0.25, 0.3) is 15.8 Å². The van der Waals surface area contributed by atoms with E-state index < -0.39 is 11.6 Å². The van der Waals surface area contributed by atoms with Gasteiger partial charge in [0.15, 0.2) is 5.82 Å². The molecule has 9 heteroatoms. The first-order valence-corrected chi connectivity index (χ1v) is 12.8. The zero-order chi connectivity index (χ0) is 23.0. The van der Waals surface area contributed by atoms with E-state index in [1.54, 1.807) is 23.6 Å². The number of benzene rings is 1. The van der Waals surface area contributed by atoms with Gasteiger partial charge in [0.05, 0.1) is 16.8 Å². The van der Waals surface area contributed by atoms with Crippen LogP contribution in [0.5, 0.6) is 0 Å². The molecule has 172 valence electrons. The predicted octanol–water partition coefficient (Wildman–Crippen LogP) is 6.22. The fourth-order valence-corrected chi connectivity index (χ4v) is 6.05. The van der Waals surface area contributed by atoms with Gasteiger partial charge in [-0.3, -0.25) is 4.90 Å². The highest BCUT2D eigenvalue weighted by molar-refractivity contribution is 8.11. The number of nitrogens with zero attached hydrogens (tertiary/aromatic N) is 3. The summed E-state index contributed by atoms with van der Waals surface area (Å²) in [5.74, 6) is -1.39. The number of aromatic nitrogens is 1. The molecule has 1 N–H and O–H groups in total. The van der Waals surface area contributed by atoms with Crippen molar-refractivity contribution < 1.29 is 13.5 Å². The van der Waals surface area contributed by atoms with Gasteiger partial charge in [-0.15, -0.1) is 23.1 Å². The average molecular weight is 487 g/mol. The van der Waals surface area contributed by atoms with Crippen LogP contribution in [0, 0.1) is 11.6 Å². The predicted molar refractivity (Wildman–Crippen MR) is 134 cm³/mol. The largest absolute Gasteiger partial charge is 0.381 e. The van der Waals surface area contributed by atoms with Crippen molar-refractivity contribution in [3.63, 3.8) is 0 Å². The fourth-order valence-electron chi connectivity index (χ4n) is 4.67. The van der Waals surface area contributed by atoms with Gasteiger partial charge in [-0.05, 0) is 56.0 Å². The van der Waals surface area contributed by atoms with Gasteiger partial charge in [-0.25, -0.2) is 18.8 Å². The van der Waals surface area contributed by atoms with Crippen LogP contribution in [0.4, 0.5) is 25.8 Å². The Morgan fingerprint density at radius 1 is 1.27 bits per heavy atom. The van der Waals surface area contributed by atoms with Gasteiger partial charge in [0.25, 0.3) is 0 Å². The molecule has 2 aromatic heterocycles. The lowest BCUT2D eigenvalue weighted by Gasteiger charge is -2.41. The molecule has 2 aliphatic rings. The van der Waals surface area contributed by atoms with E-state index in [1.807, 2.05) is 6.26 Å². The van der Waals surface area contributed by atoms with Gasteiger partial charge in [-0.2, -0.15) is 0 Å². The number of thiophene rings is 1. The number of likely N-dealkylation sites (N-methyl/N-ethyl adjacent to an activating group) is 1. The van der Waals surface area contributed by atoms with Crippen molar-refractivity contribution in [2.24, 2.45) is 4.99 Å². The monoisotopic (exact) mass is 486 g/mol. The van der Waals surface area contributed by atoms with E-state index >= 15 is 4.39 Å². The third-order valence-corrected chi connectivity index (χ3v) is 7.84. The van der Waals surface area contributed by atoms with Crippen molar-refractivity contribution in [1.82, 2.24) is 9.88 Å². The topological polar surface area (TPSA) is 49.8 Å². The van der Waals surface area contributed by atoms with Crippen LogP contribution in [0.2, 0.25) is 0 Å². The molecule has 3 aromatic rings. The van der Waals surface area contributed by atoms with Crippen LogP contribution >= 0.6 is 23.1 Å². The summed E-state index contributed by atoms with van der Waals surface area (Å²) in [6, 6.07) is 6.39. The normalized spacial score (nSPS) is 18.5. The van der Waals surface area contributed by atoms with Crippen LogP contribution in [0.3, 0.4) is 0 Å². The molecule has 33 heavy (non-hydrogen) atoms. The molecule has 0 aliphatic carbocycles. The van der Waals surface area contributed by atoms with E-state index in [0.29, 0.717) is 5.69 Å². The highest BCUT2D eigenvalue weighted by Crippen LogP contribution is 2.47. The first kappa shape index (κ1) is 22.5. The molecule has 1 saturated heterocycles. The smallest absolute Gasteiger partial charge is 0.175 e. The highest BCUT2D eigenvalue weighted by Gasteiger charge is 2.44. The highest BCUT2D eigenvalue weighted by atomic mass is 32.2. The molecular weight excluding hydrogens is 462 g/mol. The molecule has 5 nitrogen and oxygen atoms in total. The first-order chi connectivity index (χ1) is 16.0. The van der Waals surface area contributed by atoms with Gasteiger partial charge >= 0.3 is 0 Å². The average Bonchev–Trinajstić information content (AvgIpc) is 3.38. The zero-order valence-corrected chi connectivity index (χ0v) is 20.0. The third-order valence-electron chi connectivity index (χ3n) is 6.45. The Balaban J connectivity index is 1.53. The van der Waals surface area contributed by atoms with Gasteiger partial charge in [0, 0.05) is 36.2 Å². The molecule has 1 fully saturated rings. The summed E-state index contributed by atoms with van der Waals surface area (Å²) in [7, 11) is 2.16. The number of fused-ring (bicyclic) bond motifs is 1. The number of hydrogen-bond acceptors (Lipinski definition) is 7. The number of hydrogen-bond donors (Lipinski definition) is 1. The number of rotatable bonds is 5. The lowest BCUT2D eigenvalue weighted by Crippen LogP contribution is -2.47. The van der Waals surface area contributed by atoms with Crippen LogP contribution in [0.15, 0.2) is 41.5 Å². The molecule has 0 unspecified atom stereocenters. The fraction of sp³-hybridized carbons (Fsp3) is 0.333. The Morgan fingerprint density at radius 2 is 2.09 bits per heavy atom. The number of nitrogens with one attached hydrogen (secondary N) is 1. The summed E-state index contributed by atoms with van der Waals surface area (Å²) in [4.78, 5) is 13.0. The Labute approximate surface area is 199 Å². The van der Waals surface area contributed by atoms with Crippen molar-refractivity contribution in [2.45, 2.75) is 18.4 Å². The Hall–Kier alpha value is -2.33. The number of ether oxygens (including phenoxy) is 1. The lowest BCUT2D eigenvalue weighted by molar-refractivity contribution is 0.0221. The number of anilines is 2. The summed E-state index contributed by atoms with van der Waals surface area (Å²) < 4.78 is 35.2. The number of thioether (sulfide) groups is 1. The number of pyridine rings is 1.